The Labute approximate surface area is 198 Å². The lowest BCUT2D eigenvalue weighted by molar-refractivity contribution is -0.384. The molecule has 0 radical (unpaired) electrons. The number of hydrogen-bond acceptors (Lipinski definition) is 9. The second kappa shape index (κ2) is 9.84. The summed E-state index contributed by atoms with van der Waals surface area (Å²) in [6, 6.07) is 10.7. The summed E-state index contributed by atoms with van der Waals surface area (Å²) in [6.45, 7) is 0. The van der Waals surface area contributed by atoms with Gasteiger partial charge in [-0.2, -0.15) is 4.98 Å². The van der Waals surface area contributed by atoms with Gasteiger partial charge in [0.15, 0.2) is 5.16 Å². The van der Waals surface area contributed by atoms with Crippen LogP contribution < -0.4 is 0 Å². The minimum Gasteiger partial charge on any atom is -0.338 e. The number of hydrogen-bond donors (Lipinski definition) is 0. The lowest BCUT2D eigenvalue weighted by Gasteiger charge is -2.25. The molecule has 33 heavy (non-hydrogen) atoms. The molecule has 3 heterocycles. The van der Waals surface area contributed by atoms with E-state index in [1.54, 1.807) is 35.2 Å². The van der Waals surface area contributed by atoms with Crippen molar-refractivity contribution in [3.63, 3.8) is 0 Å². The maximum Gasteiger partial charge on any atom is 0.269 e. The van der Waals surface area contributed by atoms with E-state index >= 15 is 0 Å². The number of nitro benzene ring substituents is 1. The Kier molecular flexibility index (Phi) is 6.49. The number of rotatable bonds is 8. The average Bonchev–Trinajstić information content (AvgIpc) is 3.60. The van der Waals surface area contributed by atoms with Gasteiger partial charge in [0.1, 0.15) is 5.82 Å². The first kappa shape index (κ1) is 21.8. The van der Waals surface area contributed by atoms with E-state index in [2.05, 4.69) is 42.4 Å². The summed E-state index contributed by atoms with van der Waals surface area (Å²) < 4.78 is 7.74. The largest absolute Gasteiger partial charge is 0.338 e. The zero-order valence-electron chi connectivity index (χ0n) is 17.8. The zero-order chi connectivity index (χ0) is 22.6. The zero-order valence-corrected chi connectivity index (χ0v) is 19.4. The van der Waals surface area contributed by atoms with Crippen molar-refractivity contribution in [1.29, 1.82) is 0 Å². The van der Waals surface area contributed by atoms with Gasteiger partial charge in [-0.25, -0.2) is 0 Å². The third kappa shape index (κ3) is 4.98. The standard InChI is InChI=1S/C22H22N6O3S2/c29-28(30)17-10-8-15(9-11-17)21-23-20(31-26-21)14-33-22-25-24-19(13-18-7-4-12-32-18)27(22)16-5-2-1-3-6-16/h4,7-12,16H,1-3,5-6,13-14H2. The van der Waals surface area contributed by atoms with Crippen LogP contribution in [0.4, 0.5) is 5.69 Å². The fourth-order valence-corrected chi connectivity index (χ4v) is 5.65. The Balaban J connectivity index is 1.32. The molecule has 1 saturated carbocycles. The van der Waals surface area contributed by atoms with Gasteiger partial charge in [0.05, 0.1) is 10.7 Å². The van der Waals surface area contributed by atoms with Gasteiger partial charge in [-0.05, 0) is 36.4 Å². The number of nitro groups is 1. The maximum absolute atomic E-state index is 10.8. The molecule has 5 rings (SSSR count). The van der Waals surface area contributed by atoms with Gasteiger partial charge in [-0.1, -0.05) is 42.2 Å². The summed E-state index contributed by atoms with van der Waals surface area (Å²) in [5.74, 6) is 2.37. The van der Waals surface area contributed by atoms with Crippen molar-refractivity contribution < 1.29 is 9.45 Å². The van der Waals surface area contributed by atoms with Crippen molar-refractivity contribution in [2.45, 2.75) is 55.5 Å². The smallest absolute Gasteiger partial charge is 0.269 e. The van der Waals surface area contributed by atoms with Gasteiger partial charge in [0, 0.05) is 35.0 Å². The second-order valence-electron chi connectivity index (χ2n) is 7.92. The molecule has 11 heteroatoms. The summed E-state index contributed by atoms with van der Waals surface area (Å²) in [7, 11) is 0. The molecule has 0 aliphatic heterocycles. The van der Waals surface area contributed by atoms with Crippen molar-refractivity contribution in [2.75, 3.05) is 0 Å². The van der Waals surface area contributed by atoms with Gasteiger partial charge in [0.2, 0.25) is 11.7 Å². The monoisotopic (exact) mass is 482 g/mol. The van der Waals surface area contributed by atoms with Crippen LogP contribution in [-0.4, -0.2) is 29.8 Å². The van der Waals surface area contributed by atoms with Crippen LogP contribution in [-0.2, 0) is 12.2 Å². The van der Waals surface area contributed by atoms with E-state index in [-0.39, 0.29) is 5.69 Å². The Hall–Kier alpha value is -3.05. The third-order valence-electron chi connectivity index (χ3n) is 5.72. The van der Waals surface area contributed by atoms with Crippen LogP contribution in [0.3, 0.4) is 0 Å². The highest BCUT2D eigenvalue weighted by Gasteiger charge is 2.24. The highest BCUT2D eigenvalue weighted by Crippen LogP contribution is 2.34. The summed E-state index contributed by atoms with van der Waals surface area (Å²) in [5.41, 5.74) is 0.697. The normalized spacial score (nSPS) is 14.5. The first-order chi connectivity index (χ1) is 16.2. The van der Waals surface area contributed by atoms with E-state index in [9.17, 15) is 10.1 Å². The van der Waals surface area contributed by atoms with E-state index in [0.29, 0.717) is 29.1 Å². The highest BCUT2D eigenvalue weighted by atomic mass is 32.2. The Bertz CT molecular complexity index is 1210. The second-order valence-corrected chi connectivity index (χ2v) is 9.90. The van der Waals surface area contributed by atoms with Gasteiger partial charge >= 0.3 is 0 Å². The molecule has 0 saturated heterocycles. The van der Waals surface area contributed by atoms with Crippen molar-refractivity contribution >= 4 is 28.8 Å². The molecule has 0 bridgehead atoms. The minimum absolute atomic E-state index is 0.0263. The fraction of sp³-hybridized carbons (Fsp3) is 0.364. The molecule has 0 N–H and O–H groups in total. The van der Waals surface area contributed by atoms with Crippen molar-refractivity contribution in [3.05, 3.63) is 68.5 Å². The lowest BCUT2D eigenvalue weighted by atomic mass is 9.95. The SMILES string of the molecule is O=[N+]([O-])c1ccc(-c2noc(CSc3nnc(Cc4cccs4)n3C3CCCCC3)n2)cc1. The van der Waals surface area contributed by atoms with Crippen LogP contribution in [0.25, 0.3) is 11.4 Å². The first-order valence-corrected chi connectivity index (χ1v) is 12.7. The van der Waals surface area contributed by atoms with E-state index in [1.807, 2.05) is 0 Å². The van der Waals surface area contributed by atoms with Crippen LogP contribution in [0.2, 0.25) is 0 Å². The number of nitrogens with zero attached hydrogens (tertiary/aromatic N) is 6. The molecule has 1 fully saturated rings. The summed E-state index contributed by atoms with van der Waals surface area (Å²) in [5, 5.41) is 26.9. The van der Waals surface area contributed by atoms with Crippen LogP contribution in [0.1, 0.15) is 54.7 Å². The third-order valence-corrected chi connectivity index (χ3v) is 7.52. The maximum atomic E-state index is 10.8. The molecule has 0 unspecified atom stereocenters. The molecular formula is C22H22N6O3S2. The summed E-state index contributed by atoms with van der Waals surface area (Å²) in [4.78, 5) is 16.1. The lowest BCUT2D eigenvalue weighted by Crippen LogP contribution is -2.16. The molecule has 1 aliphatic carbocycles. The van der Waals surface area contributed by atoms with E-state index < -0.39 is 4.92 Å². The van der Waals surface area contributed by atoms with Crippen LogP contribution in [0.15, 0.2) is 51.5 Å². The number of non-ortho nitro benzene ring substituents is 1. The van der Waals surface area contributed by atoms with E-state index in [1.165, 1.54) is 36.3 Å². The Morgan fingerprint density at radius 1 is 1.15 bits per heavy atom. The molecule has 0 atom stereocenters. The minimum atomic E-state index is -0.433. The molecule has 1 aliphatic rings. The molecule has 0 spiro atoms. The Morgan fingerprint density at radius 2 is 1.97 bits per heavy atom. The van der Waals surface area contributed by atoms with Crippen molar-refractivity contribution in [1.82, 2.24) is 24.9 Å². The van der Waals surface area contributed by atoms with Gasteiger partial charge in [0.25, 0.3) is 5.69 Å². The number of benzene rings is 1. The molecule has 4 aromatic rings. The summed E-state index contributed by atoms with van der Waals surface area (Å²) in [6.07, 6.45) is 6.82. The number of thiophene rings is 1. The van der Waals surface area contributed by atoms with Crippen LogP contribution in [0.5, 0.6) is 0 Å². The molecule has 9 nitrogen and oxygen atoms in total. The highest BCUT2D eigenvalue weighted by molar-refractivity contribution is 7.98. The van der Waals surface area contributed by atoms with Crippen LogP contribution >= 0.6 is 23.1 Å². The topological polar surface area (TPSA) is 113 Å². The molecule has 0 amide bonds. The van der Waals surface area contributed by atoms with Gasteiger partial charge in [-0.3, -0.25) is 10.1 Å². The van der Waals surface area contributed by atoms with Gasteiger partial charge < -0.3 is 9.09 Å². The average molecular weight is 483 g/mol. The summed E-state index contributed by atoms with van der Waals surface area (Å²) >= 11 is 3.29. The Morgan fingerprint density at radius 3 is 2.70 bits per heavy atom. The fourth-order valence-electron chi connectivity index (χ4n) is 4.09. The molecule has 170 valence electrons. The van der Waals surface area contributed by atoms with E-state index in [4.69, 9.17) is 4.52 Å². The molecular weight excluding hydrogens is 460 g/mol. The van der Waals surface area contributed by atoms with Crippen LogP contribution in [0, 0.1) is 10.1 Å². The van der Waals surface area contributed by atoms with Crippen molar-refractivity contribution in [3.8, 4) is 11.4 Å². The van der Waals surface area contributed by atoms with Crippen molar-refractivity contribution in [2.24, 2.45) is 0 Å². The van der Waals surface area contributed by atoms with E-state index in [0.717, 1.165) is 30.2 Å². The van der Waals surface area contributed by atoms with Gasteiger partial charge in [-0.15, -0.1) is 21.5 Å². The number of aromatic nitrogens is 5. The predicted molar refractivity (Wildman–Crippen MR) is 125 cm³/mol. The molecule has 1 aromatic carbocycles. The quantitative estimate of drug-likeness (QED) is 0.179. The first-order valence-electron chi connectivity index (χ1n) is 10.8. The number of thioether (sulfide) groups is 1. The predicted octanol–water partition coefficient (Wildman–Crippen LogP) is 5.69. The molecule has 3 aromatic heterocycles.